The van der Waals surface area contributed by atoms with E-state index in [2.05, 4.69) is 17.5 Å². The van der Waals surface area contributed by atoms with Gasteiger partial charge in [-0.25, -0.2) is 0 Å². The molecule has 1 saturated heterocycles. The predicted molar refractivity (Wildman–Crippen MR) is 73.3 cm³/mol. The summed E-state index contributed by atoms with van der Waals surface area (Å²) >= 11 is 0. The number of methoxy groups -OCH3 is 2. The summed E-state index contributed by atoms with van der Waals surface area (Å²) in [4.78, 5) is 2.44. The molecule has 3 nitrogen and oxygen atoms in total. The SMILES string of the molecule is C=CCN1CCCC1c1ccc(OC)cc1OC. The van der Waals surface area contributed by atoms with Crippen LogP contribution < -0.4 is 9.47 Å². The lowest BCUT2D eigenvalue weighted by Crippen LogP contribution is -2.23. The summed E-state index contributed by atoms with van der Waals surface area (Å²) in [5.74, 6) is 1.75. The topological polar surface area (TPSA) is 21.7 Å². The van der Waals surface area contributed by atoms with Gasteiger partial charge in [0.05, 0.1) is 14.2 Å². The van der Waals surface area contributed by atoms with Crippen molar-refractivity contribution in [2.45, 2.75) is 18.9 Å². The van der Waals surface area contributed by atoms with E-state index in [9.17, 15) is 0 Å². The molecule has 1 aromatic carbocycles. The highest BCUT2D eigenvalue weighted by molar-refractivity contribution is 5.42. The Kier molecular flexibility index (Phi) is 4.26. The number of ether oxygens (including phenoxy) is 2. The second-order valence-electron chi connectivity index (χ2n) is 4.55. The van der Waals surface area contributed by atoms with Crippen LogP contribution in [0.2, 0.25) is 0 Å². The van der Waals surface area contributed by atoms with E-state index in [4.69, 9.17) is 9.47 Å². The summed E-state index contributed by atoms with van der Waals surface area (Å²) in [5.41, 5.74) is 1.25. The minimum atomic E-state index is 0.434. The van der Waals surface area contributed by atoms with Crippen LogP contribution in [0, 0.1) is 0 Å². The Morgan fingerprint density at radius 1 is 1.39 bits per heavy atom. The zero-order valence-corrected chi connectivity index (χ0v) is 11.2. The van der Waals surface area contributed by atoms with Crippen LogP contribution in [0.1, 0.15) is 24.4 Å². The lowest BCUT2D eigenvalue weighted by Gasteiger charge is -2.25. The van der Waals surface area contributed by atoms with Gasteiger partial charge in [0, 0.05) is 24.2 Å². The van der Waals surface area contributed by atoms with Gasteiger partial charge in [0.1, 0.15) is 11.5 Å². The van der Waals surface area contributed by atoms with Crippen molar-refractivity contribution in [1.82, 2.24) is 4.90 Å². The Morgan fingerprint density at radius 3 is 2.89 bits per heavy atom. The molecule has 98 valence electrons. The molecule has 1 aliphatic heterocycles. The molecular weight excluding hydrogens is 226 g/mol. The highest BCUT2D eigenvalue weighted by Crippen LogP contribution is 2.38. The maximum absolute atomic E-state index is 5.49. The molecule has 0 N–H and O–H groups in total. The third kappa shape index (κ3) is 2.51. The number of hydrogen-bond acceptors (Lipinski definition) is 3. The molecule has 3 heteroatoms. The van der Waals surface area contributed by atoms with Crippen molar-refractivity contribution in [3.05, 3.63) is 36.4 Å². The van der Waals surface area contributed by atoms with E-state index in [0.29, 0.717) is 6.04 Å². The average Bonchev–Trinajstić information content (AvgIpc) is 2.86. The van der Waals surface area contributed by atoms with Crippen molar-refractivity contribution in [2.75, 3.05) is 27.3 Å². The van der Waals surface area contributed by atoms with Gasteiger partial charge >= 0.3 is 0 Å². The van der Waals surface area contributed by atoms with Crippen molar-refractivity contribution < 1.29 is 9.47 Å². The molecule has 1 atom stereocenters. The summed E-state index contributed by atoms with van der Waals surface area (Å²) in [6, 6.07) is 6.51. The number of rotatable bonds is 5. The Hall–Kier alpha value is -1.48. The maximum Gasteiger partial charge on any atom is 0.127 e. The standard InChI is InChI=1S/C15H21NO2/c1-4-9-16-10-5-6-14(16)13-8-7-12(17-2)11-15(13)18-3/h4,7-8,11,14H,1,5-6,9-10H2,2-3H3. The Bertz CT molecular complexity index is 417. The van der Waals surface area contributed by atoms with Crippen LogP contribution in [0.25, 0.3) is 0 Å². The number of likely N-dealkylation sites (tertiary alicyclic amines) is 1. The first-order valence-corrected chi connectivity index (χ1v) is 6.37. The number of benzene rings is 1. The van der Waals surface area contributed by atoms with Gasteiger partial charge in [-0.2, -0.15) is 0 Å². The number of nitrogens with zero attached hydrogens (tertiary/aromatic N) is 1. The lowest BCUT2D eigenvalue weighted by molar-refractivity contribution is 0.277. The third-order valence-electron chi connectivity index (χ3n) is 3.53. The fraction of sp³-hybridized carbons (Fsp3) is 0.467. The van der Waals surface area contributed by atoms with Gasteiger partial charge in [-0.05, 0) is 25.5 Å². The minimum absolute atomic E-state index is 0.434. The molecule has 1 fully saturated rings. The summed E-state index contributed by atoms with van der Waals surface area (Å²) in [6.45, 7) is 5.89. The van der Waals surface area contributed by atoms with Crippen LogP contribution in [0.5, 0.6) is 11.5 Å². The second kappa shape index (κ2) is 5.91. The largest absolute Gasteiger partial charge is 0.497 e. The van der Waals surface area contributed by atoms with E-state index in [1.54, 1.807) is 14.2 Å². The van der Waals surface area contributed by atoms with Crippen molar-refractivity contribution in [1.29, 1.82) is 0 Å². The molecule has 0 aromatic heterocycles. The summed E-state index contributed by atoms with van der Waals surface area (Å²) in [5, 5.41) is 0. The van der Waals surface area contributed by atoms with E-state index >= 15 is 0 Å². The number of hydrogen-bond donors (Lipinski definition) is 0. The highest BCUT2D eigenvalue weighted by Gasteiger charge is 2.27. The van der Waals surface area contributed by atoms with Crippen molar-refractivity contribution in [2.24, 2.45) is 0 Å². The fourth-order valence-electron chi connectivity index (χ4n) is 2.66. The van der Waals surface area contributed by atoms with Crippen LogP contribution in [0.15, 0.2) is 30.9 Å². The zero-order valence-electron chi connectivity index (χ0n) is 11.2. The predicted octanol–water partition coefficient (Wildman–Crippen LogP) is 3.03. The minimum Gasteiger partial charge on any atom is -0.497 e. The van der Waals surface area contributed by atoms with Crippen LogP contribution >= 0.6 is 0 Å². The third-order valence-corrected chi connectivity index (χ3v) is 3.53. The van der Waals surface area contributed by atoms with Crippen LogP contribution in [-0.2, 0) is 0 Å². The van der Waals surface area contributed by atoms with Gasteiger partial charge in [-0.15, -0.1) is 6.58 Å². The van der Waals surface area contributed by atoms with Crippen LogP contribution in [0.4, 0.5) is 0 Å². The van der Waals surface area contributed by atoms with Gasteiger partial charge < -0.3 is 9.47 Å². The fourth-order valence-corrected chi connectivity index (χ4v) is 2.66. The molecule has 0 bridgehead atoms. The Balaban J connectivity index is 2.28. The normalized spacial score (nSPS) is 19.8. The van der Waals surface area contributed by atoms with Crippen LogP contribution in [0.3, 0.4) is 0 Å². The molecule has 0 spiro atoms. The molecular formula is C15H21NO2. The van der Waals surface area contributed by atoms with E-state index in [0.717, 1.165) is 24.6 Å². The van der Waals surface area contributed by atoms with Crippen molar-refractivity contribution >= 4 is 0 Å². The zero-order chi connectivity index (χ0) is 13.0. The molecule has 0 radical (unpaired) electrons. The van der Waals surface area contributed by atoms with Gasteiger partial charge in [-0.1, -0.05) is 12.1 Å². The molecule has 1 aliphatic rings. The lowest BCUT2D eigenvalue weighted by atomic mass is 10.0. The smallest absolute Gasteiger partial charge is 0.127 e. The maximum atomic E-state index is 5.49. The first kappa shape index (κ1) is 13.0. The van der Waals surface area contributed by atoms with E-state index in [1.807, 2.05) is 18.2 Å². The summed E-state index contributed by atoms with van der Waals surface area (Å²) in [7, 11) is 3.39. The highest BCUT2D eigenvalue weighted by atomic mass is 16.5. The molecule has 0 aliphatic carbocycles. The van der Waals surface area contributed by atoms with Crippen molar-refractivity contribution in [3.8, 4) is 11.5 Å². The molecule has 1 heterocycles. The van der Waals surface area contributed by atoms with Gasteiger partial charge in [0.2, 0.25) is 0 Å². The van der Waals surface area contributed by atoms with E-state index in [1.165, 1.54) is 18.4 Å². The molecule has 0 amide bonds. The average molecular weight is 247 g/mol. The van der Waals surface area contributed by atoms with Crippen LogP contribution in [-0.4, -0.2) is 32.2 Å². The summed E-state index contributed by atoms with van der Waals surface area (Å²) in [6.07, 6.45) is 4.37. The Labute approximate surface area is 109 Å². The molecule has 18 heavy (non-hydrogen) atoms. The summed E-state index contributed by atoms with van der Waals surface area (Å²) < 4.78 is 10.7. The quantitative estimate of drug-likeness (QED) is 0.746. The monoisotopic (exact) mass is 247 g/mol. The second-order valence-corrected chi connectivity index (χ2v) is 4.55. The van der Waals surface area contributed by atoms with Gasteiger partial charge in [0.25, 0.3) is 0 Å². The van der Waals surface area contributed by atoms with Crippen molar-refractivity contribution in [3.63, 3.8) is 0 Å². The molecule has 1 aromatic rings. The van der Waals surface area contributed by atoms with Gasteiger partial charge in [0.15, 0.2) is 0 Å². The first-order valence-electron chi connectivity index (χ1n) is 6.37. The van der Waals surface area contributed by atoms with Gasteiger partial charge in [-0.3, -0.25) is 4.90 Å². The van der Waals surface area contributed by atoms with E-state index in [-0.39, 0.29) is 0 Å². The molecule has 0 saturated carbocycles. The van der Waals surface area contributed by atoms with E-state index < -0.39 is 0 Å². The Morgan fingerprint density at radius 2 is 2.22 bits per heavy atom. The first-order chi connectivity index (χ1) is 8.80. The molecule has 1 unspecified atom stereocenters. The molecule has 2 rings (SSSR count).